The maximum absolute atomic E-state index is 12.3. The van der Waals surface area contributed by atoms with Crippen molar-refractivity contribution in [2.45, 2.75) is 26.2 Å². The van der Waals surface area contributed by atoms with Crippen molar-refractivity contribution < 1.29 is 14.3 Å². The van der Waals surface area contributed by atoms with Gasteiger partial charge in [0.05, 0.1) is 14.2 Å². The Kier molecular flexibility index (Phi) is 5.91. The van der Waals surface area contributed by atoms with Crippen LogP contribution in [0.5, 0.6) is 11.5 Å². The van der Waals surface area contributed by atoms with Crippen molar-refractivity contribution in [1.29, 1.82) is 0 Å². The van der Waals surface area contributed by atoms with Gasteiger partial charge in [0.15, 0.2) is 0 Å². The van der Waals surface area contributed by atoms with E-state index in [9.17, 15) is 4.79 Å². The summed E-state index contributed by atoms with van der Waals surface area (Å²) in [6, 6.07) is 13.9. The zero-order valence-electron chi connectivity index (χ0n) is 15.9. The summed E-state index contributed by atoms with van der Waals surface area (Å²) in [6.45, 7) is 2.09. The lowest BCUT2D eigenvalue weighted by Gasteiger charge is -2.07. The van der Waals surface area contributed by atoms with Crippen molar-refractivity contribution in [3.63, 3.8) is 0 Å². The van der Waals surface area contributed by atoms with Gasteiger partial charge in [-0.3, -0.25) is 4.79 Å². The van der Waals surface area contributed by atoms with Crippen LogP contribution in [-0.4, -0.2) is 26.0 Å². The van der Waals surface area contributed by atoms with E-state index in [0.717, 1.165) is 29.9 Å². The molecule has 0 aliphatic carbocycles. The van der Waals surface area contributed by atoms with Crippen molar-refractivity contribution in [2.24, 2.45) is 4.99 Å². The number of amides is 1. The first-order valence-corrected chi connectivity index (χ1v) is 9.03. The number of nitrogens with zero attached hydrogens (tertiary/aromatic N) is 1. The smallest absolute Gasteiger partial charge is 0.275 e. The summed E-state index contributed by atoms with van der Waals surface area (Å²) < 4.78 is 10.6. The lowest BCUT2D eigenvalue weighted by Crippen LogP contribution is -2.24. The Morgan fingerprint density at radius 1 is 1.00 bits per heavy atom. The molecule has 5 nitrogen and oxygen atoms in total. The molecule has 0 saturated heterocycles. The van der Waals surface area contributed by atoms with E-state index in [2.05, 4.69) is 17.2 Å². The molecule has 2 aromatic carbocycles. The average molecular weight is 364 g/mol. The number of benzene rings is 2. The van der Waals surface area contributed by atoms with Crippen LogP contribution in [0.4, 0.5) is 0 Å². The SMILES string of the molecule is CCc1ccc(OC)c(/C=C2/N=C(CCc3ccc(OC)cc3)NC2=O)c1. The normalized spacial score (nSPS) is 14.9. The monoisotopic (exact) mass is 364 g/mol. The van der Waals surface area contributed by atoms with Crippen molar-refractivity contribution in [2.75, 3.05) is 14.2 Å². The fourth-order valence-electron chi connectivity index (χ4n) is 2.95. The largest absolute Gasteiger partial charge is 0.497 e. The van der Waals surface area contributed by atoms with Crippen LogP contribution in [0.25, 0.3) is 6.08 Å². The highest BCUT2D eigenvalue weighted by molar-refractivity contribution is 6.14. The summed E-state index contributed by atoms with van der Waals surface area (Å²) in [7, 11) is 3.28. The molecule has 0 fully saturated rings. The first-order valence-electron chi connectivity index (χ1n) is 9.03. The molecule has 5 heteroatoms. The Balaban J connectivity index is 1.74. The predicted octanol–water partition coefficient (Wildman–Crippen LogP) is 3.77. The zero-order chi connectivity index (χ0) is 19.2. The van der Waals surface area contributed by atoms with Crippen LogP contribution >= 0.6 is 0 Å². The van der Waals surface area contributed by atoms with Gasteiger partial charge >= 0.3 is 0 Å². The Morgan fingerprint density at radius 3 is 2.41 bits per heavy atom. The number of carbonyl (C=O) groups is 1. The summed E-state index contributed by atoms with van der Waals surface area (Å²) >= 11 is 0. The van der Waals surface area contributed by atoms with E-state index in [1.807, 2.05) is 42.5 Å². The van der Waals surface area contributed by atoms with Gasteiger partial charge in [0.25, 0.3) is 5.91 Å². The standard InChI is InChI=1S/C22H24N2O3/c1-4-15-7-11-20(27-3)17(13-15)14-19-22(25)24-21(23-19)12-8-16-5-9-18(26-2)10-6-16/h5-7,9-11,13-14H,4,8,12H2,1-3H3,(H,23,24,25)/b19-14+. The maximum atomic E-state index is 12.3. The van der Waals surface area contributed by atoms with Gasteiger partial charge in [0.2, 0.25) is 0 Å². The second-order valence-corrected chi connectivity index (χ2v) is 6.32. The number of methoxy groups -OCH3 is 2. The molecule has 140 valence electrons. The fourth-order valence-corrected chi connectivity index (χ4v) is 2.95. The van der Waals surface area contributed by atoms with E-state index in [1.54, 1.807) is 20.3 Å². The molecule has 2 aromatic rings. The highest BCUT2D eigenvalue weighted by atomic mass is 16.5. The number of nitrogens with one attached hydrogen (secondary N) is 1. The molecule has 0 atom stereocenters. The van der Waals surface area contributed by atoms with Crippen LogP contribution in [0.2, 0.25) is 0 Å². The van der Waals surface area contributed by atoms with E-state index in [-0.39, 0.29) is 5.91 Å². The number of ether oxygens (including phenoxy) is 2. The second-order valence-electron chi connectivity index (χ2n) is 6.32. The maximum Gasteiger partial charge on any atom is 0.275 e. The summed E-state index contributed by atoms with van der Waals surface area (Å²) in [4.78, 5) is 16.8. The molecule has 0 unspecified atom stereocenters. The lowest BCUT2D eigenvalue weighted by atomic mass is 10.1. The molecule has 3 rings (SSSR count). The van der Waals surface area contributed by atoms with Gasteiger partial charge in [-0.05, 0) is 54.3 Å². The number of amidine groups is 1. The van der Waals surface area contributed by atoms with E-state index in [1.165, 1.54) is 11.1 Å². The Morgan fingerprint density at radius 2 is 1.74 bits per heavy atom. The predicted molar refractivity (Wildman–Crippen MR) is 107 cm³/mol. The molecule has 0 radical (unpaired) electrons. The molecule has 0 bridgehead atoms. The van der Waals surface area contributed by atoms with Gasteiger partial charge in [-0.25, -0.2) is 4.99 Å². The van der Waals surface area contributed by atoms with Gasteiger partial charge in [0, 0.05) is 12.0 Å². The van der Waals surface area contributed by atoms with Gasteiger partial charge in [-0.15, -0.1) is 0 Å². The molecule has 0 spiro atoms. The van der Waals surface area contributed by atoms with E-state index in [4.69, 9.17) is 9.47 Å². The average Bonchev–Trinajstić information content (AvgIpc) is 3.06. The van der Waals surface area contributed by atoms with Crippen molar-refractivity contribution in [3.8, 4) is 11.5 Å². The third-order valence-corrected chi connectivity index (χ3v) is 4.55. The van der Waals surface area contributed by atoms with Crippen LogP contribution in [0.15, 0.2) is 53.2 Å². The molecule has 1 aliphatic rings. The topological polar surface area (TPSA) is 59.9 Å². The number of aryl methyl sites for hydroxylation is 2. The molecule has 1 aliphatic heterocycles. The summed E-state index contributed by atoms with van der Waals surface area (Å²) in [5, 5.41) is 2.86. The second kappa shape index (κ2) is 8.54. The molecule has 0 aromatic heterocycles. The minimum atomic E-state index is -0.177. The van der Waals surface area contributed by atoms with Crippen LogP contribution in [-0.2, 0) is 17.6 Å². The summed E-state index contributed by atoms with van der Waals surface area (Å²) in [6.07, 6.45) is 4.17. The number of hydrogen-bond acceptors (Lipinski definition) is 4. The molecule has 27 heavy (non-hydrogen) atoms. The van der Waals surface area contributed by atoms with Crippen LogP contribution < -0.4 is 14.8 Å². The highest BCUT2D eigenvalue weighted by Crippen LogP contribution is 2.24. The third-order valence-electron chi connectivity index (χ3n) is 4.55. The summed E-state index contributed by atoms with van der Waals surface area (Å²) in [5.74, 6) is 2.07. The quantitative estimate of drug-likeness (QED) is 0.761. The van der Waals surface area contributed by atoms with Crippen LogP contribution in [0.3, 0.4) is 0 Å². The first kappa shape index (κ1) is 18.7. The fraction of sp³-hybridized carbons (Fsp3) is 0.273. The minimum absolute atomic E-state index is 0.177. The van der Waals surface area contributed by atoms with E-state index < -0.39 is 0 Å². The number of rotatable bonds is 7. The molecular weight excluding hydrogens is 340 g/mol. The third kappa shape index (κ3) is 4.56. The molecule has 1 amide bonds. The van der Waals surface area contributed by atoms with E-state index >= 15 is 0 Å². The molecule has 0 saturated carbocycles. The van der Waals surface area contributed by atoms with Crippen molar-refractivity contribution >= 4 is 17.8 Å². The number of aliphatic imine (C=N–C) groups is 1. The van der Waals surface area contributed by atoms with Gasteiger partial charge in [0.1, 0.15) is 23.0 Å². The number of carbonyl (C=O) groups excluding carboxylic acids is 1. The zero-order valence-corrected chi connectivity index (χ0v) is 15.9. The minimum Gasteiger partial charge on any atom is -0.497 e. The Labute approximate surface area is 159 Å². The van der Waals surface area contributed by atoms with Crippen molar-refractivity contribution in [1.82, 2.24) is 5.32 Å². The van der Waals surface area contributed by atoms with Gasteiger partial charge in [-0.1, -0.05) is 25.1 Å². The first-order chi connectivity index (χ1) is 13.1. The Hall–Kier alpha value is -3.08. The van der Waals surface area contributed by atoms with E-state index in [0.29, 0.717) is 18.0 Å². The number of hydrogen-bond donors (Lipinski definition) is 1. The highest BCUT2D eigenvalue weighted by Gasteiger charge is 2.20. The summed E-state index contributed by atoms with van der Waals surface area (Å²) in [5.41, 5.74) is 3.63. The van der Waals surface area contributed by atoms with Gasteiger partial charge in [-0.2, -0.15) is 0 Å². The molecule has 1 heterocycles. The lowest BCUT2D eigenvalue weighted by molar-refractivity contribution is -0.115. The van der Waals surface area contributed by atoms with Crippen LogP contribution in [0, 0.1) is 0 Å². The van der Waals surface area contributed by atoms with Gasteiger partial charge < -0.3 is 14.8 Å². The molecule has 1 N–H and O–H groups in total. The van der Waals surface area contributed by atoms with Crippen molar-refractivity contribution in [3.05, 3.63) is 64.9 Å². The Bertz CT molecular complexity index is 883. The van der Waals surface area contributed by atoms with Crippen LogP contribution in [0.1, 0.15) is 30.0 Å². The molecular formula is C22H24N2O3.